The van der Waals surface area contributed by atoms with Crippen molar-refractivity contribution in [1.29, 1.82) is 0 Å². The first-order valence-corrected chi connectivity index (χ1v) is 10.3. The zero-order valence-electron chi connectivity index (χ0n) is 18.0. The number of nitro benzene ring substituents is 1. The summed E-state index contributed by atoms with van der Waals surface area (Å²) in [5.41, 5.74) is 3.15. The smallest absolute Gasteiger partial charge is 0.269 e. The summed E-state index contributed by atoms with van der Waals surface area (Å²) in [6.45, 7) is 5.16. The second kappa shape index (κ2) is 13.2. The molecule has 32 heavy (non-hydrogen) atoms. The van der Waals surface area contributed by atoms with Crippen molar-refractivity contribution in [3.63, 3.8) is 0 Å². The van der Waals surface area contributed by atoms with Gasteiger partial charge in [0.1, 0.15) is 6.61 Å². The van der Waals surface area contributed by atoms with E-state index in [0.717, 1.165) is 34.9 Å². The molecule has 0 radical (unpaired) electrons. The fourth-order valence-electron chi connectivity index (χ4n) is 3.01. The van der Waals surface area contributed by atoms with Gasteiger partial charge in [-0.1, -0.05) is 36.4 Å². The van der Waals surface area contributed by atoms with E-state index in [-0.39, 0.29) is 18.1 Å². The number of rotatable bonds is 12. The normalized spacial score (nSPS) is 10.2. The monoisotopic (exact) mass is 457 g/mol. The number of nitro groups is 1. The molecule has 0 saturated carbocycles. The zero-order valence-corrected chi connectivity index (χ0v) is 18.8. The predicted molar refractivity (Wildman–Crippen MR) is 129 cm³/mol. The molecule has 0 spiro atoms. The molecule has 3 rings (SSSR count). The minimum absolute atomic E-state index is 0. The number of ether oxygens (including phenoxy) is 2. The number of benzene rings is 3. The average molecular weight is 458 g/mol. The molecule has 0 atom stereocenters. The van der Waals surface area contributed by atoms with Crippen molar-refractivity contribution in [2.45, 2.75) is 20.1 Å². The first-order chi connectivity index (χ1) is 15.2. The Balaban J connectivity index is 0.00000363. The largest absolute Gasteiger partial charge is 0.490 e. The van der Waals surface area contributed by atoms with Crippen LogP contribution in [0.5, 0.6) is 11.5 Å². The van der Waals surface area contributed by atoms with Gasteiger partial charge in [0.05, 0.1) is 11.5 Å². The van der Waals surface area contributed by atoms with Crippen molar-refractivity contribution in [3.8, 4) is 11.5 Å². The van der Waals surface area contributed by atoms with Gasteiger partial charge in [-0.2, -0.15) is 0 Å². The van der Waals surface area contributed by atoms with Crippen LogP contribution in [0.4, 0.5) is 11.4 Å². The Morgan fingerprint density at radius 2 is 1.62 bits per heavy atom. The van der Waals surface area contributed by atoms with Crippen molar-refractivity contribution in [1.82, 2.24) is 5.32 Å². The first-order valence-electron chi connectivity index (χ1n) is 10.3. The van der Waals surface area contributed by atoms with Crippen LogP contribution >= 0.6 is 12.4 Å². The Morgan fingerprint density at radius 3 is 2.31 bits per heavy atom. The third-order valence-electron chi connectivity index (χ3n) is 4.58. The molecule has 0 unspecified atom stereocenters. The van der Waals surface area contributed by atoms with Gasteiger partial charge >= 0.3 is 0 Å². The molecule has 3 aromatic rings. The molecule has 0 aliphatic heterocycles. The highest BCUT2D eigenvalue weighted by molar-refractivity contribution is 5.85. The van der Waals surface area contributed by atoms with Crippen LogP contribution in [0.2, 0.25) is 0 Å². The number of nitrogens with one attached hydrogen (secondary N) is 2. The van der Waals surface area contributed by atoms with E-state index in [0.29, 0.717) is 26.3 Å². The summed E-state index contributed by atoms with van der Waals surface area (Å²) in [6.07, 6.45) is 0. The van der Waals surface area contributed by atoms with E-state index in [4.69, 9.17) is 9.47 Å². The van der Waals surface area contributed by atoms with E-state index in [1.807, 2.05) is 55.5 Å². The first kappa shape index (κ1) is 25.0. The van der Waals surface area contributed by atoms with Crippen LogP contribution < -0.4 is 20.1 Å². The van der Waals surface area contributed by atoms with Gasteiger partial charge in [0.25, 0.3) is 5.69 Å². The van der Waals surface area contributed by atoms with Gasteiger partial charge in [0.2, 0.25) is 0 Å². The molecular weight excluding hydrogens is 430 g/mol. The molecule has 0 saturated heterocycles. The standard InChI is InChI=1S/C24H27N3O4.ClH/c1-2-30-24-16-20(8-13-23(24)31-18-19-6-4-3-5-7-19)17-25-14-15-26-21-9-11-22(12-10-21)27(28)29;/h3-13,16,25-26H,2,14-15,17-18H2,1H3;1H. The molecular formula is C24H28ClN3O4. The maximum absolute atomic E-state index is 10.7. The Hall–Kier alpha value is -3.29. The molecule has 2 N–H and O–H groups in total. The summed E-state index contributed by atoms with van der Waals surface area (Å²) in [4.78, 5) is 10.3. The van der Waals surface area contributed by atoms with Gasteiger partial charge in [-0.25, -0.2) is 0 Å². The van der Waals surface area contributed by atoms with Gasteiger partial charge in [0, 0.05) is 37.5 Å². The maximum atomic E-state index is 10.7. The summed E-state index contributed by atoms with van der Waals surface area (Å²) in [6, 6.07) is 22.4. The lowest BCUT2D eigenvalue weighted by molar-refractivity contribution is -0.384. The fraction of sp³-hybridized carbons (Fsp3) is 0.250. The van der Waals surface area contributed by atoms with E-state index in [2.05, 4.69) is 10.6 Å². The molecule has 8 heteroatoms. The number of non-ortho nitro benzene ring substituents is 1. The number of anilines is 1. The van der Waals surface area contributed by atoms with Crippen LogP contribution in [0.25, 0.3) is 0 Å². The minimum atomic E-state index is -0.403. The summed E-state index contributed by atoms with van der Waals surface area (Å²) >= 11 is 0. The quantitative estimate of drug-likeness (QED) is 0.221. The Labute approximate surface area is 194 Å². The third-order valence-corrected chi connectivity index (χ3v) is 4.58. The van der Waals surface area contributed by atoms with E-state index in [9.17, 15) is 10.1 Å². The van der Waals surface area contributed by atoms with Crippen LogP contribution in [0.3, 0.4) is 0 Å². The van der Waals surface area contributed by atoms with Gasteiger partial charge in [-0.3, -0.25) is 10.1 Å². The topological polar surface area (TPSA) is 85.7 Å². The lowest BCUT2D eigenvalue weighted by Gasteiger charge is -2.14. The minimum Gasteiger partial charge on any atom is -0.490 e. The second-order valence-corrected chi connectivity index (χ2v) is 6.90. The highest BCUT2D eigenvalue weighted by Gasteiger charge is 2.07. The molecule has 0 aromatic heterocycles. The molecule has 170 valence electrons. The Bertz CT molecular complexity index is 969. The lowest BCUT2D eigenvalue weighted by Crippen LogP contribution is -2.21. The van der Waals surface area contributed by atoms with Gasteiger partial charge in [-0.15, -0.1) is 12.4 Å². The fourth-order valence-corrected chi connectivity index (χ4v) is 3.01. The van der Waals surface area contributed by atoms with Gasteiger partial charge in [-0.05, 0) is 42.3 Å². The molecule has 7 nitrogen and oxygen atoms in total. The van der Waals surface area contributed by atoms with Crippen LogP contribution in [0.15, 0.2) is 72.8 Å². The molecule has 0 amide bonds. The molecule has 0 bridgehead atoms. The van der Waals surface area contributed by atoms with E-state index < -0.39 is 4.92 Å². The summed E-state index contributed by atoms with van der Waals surface area (Å²) in [5, 5.41) is 17.3. The number of hydrogen-bond donors (Lipinski definition) is 2. The van der Waals surface area contributed by atoms with Crippen LogP contribution in [0, 0.1) is 10.1 Å². The Kier molecular flexibility index (Phi) is 10.3. The van der Waals surface area contributed by atoms with Crippen molar-refractivity contribution in [2.24, 2.45) is 0 Å². The van der Waals surface area contributed by atoms with Crippen molar-refractivity contribution < 1.29 is 14.4 Å². The van der Waals surface area contributed by atoms with Gasteiger partial charge in [0.15, 0.2) is 11.5 Å². The summed E-state index contributed by atoms with van der Waals surface area (Å²) < 4.78 is 11.7. The maximum Gasteiger partial charge on any atom is 0.269 e. The average Bonchev–Trinajstić information content (AvgIpc) is 2.79. The van der Waals surface area contributed by atoms with Crippen molar-refractivity contribution in [2.75, 3.05) is 25.0 Å². The highest BCUT2D eigenvalue weighted by Crippen LogP contribution is 2.29. The zero-order chi connectivity index (χ0) is 21.9. The van der Waals surface area contributed by atoms with Crippen molar-refractivity contribution >= 4 is 23.8 Å². The molecule has 0 heterocycles. The van der Waals surface area contributed by atoms with Crippen LogP contribution in [-0.2, 0) is 13.2 Å². The summed E-state index contributed by atoms with van der Waals surface area (Å²) in [5.74, 6) is 1.47. The number of hydrogen-bond acceptors (Lipinski definition) is 6. The van der Waals surface area contributed by atoms with Gasteiger partial charge < -0.3 is 20.1 Å². The number of nitrogens with zero attached hydrogens (tertiary/aromatic N) is 1. The summed E-state index contributed by atoms with van der Waals surface area (Å²) in [7, 11) is 0. The molecule has 0 fully saturated rings. The molecule has 0 aliphatic rings. The van der Waals surface area contributed by atoms with Crippen LogP contribution in [0.1, 0.15) is 18.1 Å². The molecule has 0 aliphatic carbocycles. The van der Waals surface area contributed by atoms with Crippen molar-refractivity contribution in [3.05, 3.63) is 94.0 Å². The number of halogens is 1. The second-order valence-electron chi connectivity index (χ2n) is 6.90. The van der Waals surface area contributed by atoms with Crippen LogP contribution in [-0.4, -0.2) is 24.6 Å². The van der Waals surface area contributed by atoms with E-state index in [1.54, 1.807) is 12.1 Å². The Morgan fingerprint density at radius 1 is 0.875 bits per heavy atom. The SMILES string of the molecule is CCOc1cc(CNCCNc2ccc([N+](=O)[O-])cc2)ccc1OCc1ccccc1.Cl. The van der Waals surface area contributed by atoms with E-state index >= 15 is 0 Å². The molecule has 3 aromatic carbocycles. The predicted octanol–water partition coefficient (Wildman–Crippen LogP) is 5.20. The van der Waals surface area contributed by atoms with E-state index in [1.165, 1.54) is 12.1 Å². The third kappa shape index (κ3) is 7.76. The lowest BCUT2D eigenvalue weighted by atomic mass is 10.2. The highest BCUT2D eigenvalue weighted by atomic mass is 35.5.